The van der Waals surface area contributed by atoms with Crippen LogP contribution in [-0.4, -0.2) is 43.5 Å². The summed E-state index contributed by atoms with van der Waals surface area (Å²) in [6, 6.07) is 0. The summed E-state index contributed by atoms with van der Waals surface area (Å²) in [5.41, 5.74) is 4.66. The van der Waals surface area contributed by atoms with Gasteiger partial charge in [-0.05, 0) is 27.6 Å². The van der Waals surface area contributed by atoms with Crippen molar-refractivity contribution in [2.75, 3.05) is 27.2 Å². The molecule has 0 rings (SSSR count). The molecule has 4 heteroatoms. The molecule has 0 bridgehead atoms. The van der Waals surface area contributed by atoms with E-state index < -0.39 is 5.54 Å². The maximum atomic E-state index is 11.1. The van der Waals surface area contributed by atoms with Crippen LogP contribution < -0.4 is 11.1 Å². The highest BCUT2D eigenvalue weighted by Gasteiger charge is 2.30. The van der Waals surface area contributed by atoms with E-state index in [-0.39, 0.29) is 5.91 Å². The van der Waals surface area contributed by atoms with Crippen LogP contribution in [0.25, 0.3) is 0 Å². The number of nitrogens with one attached hydrogen (secondary N) is 1. The maximum Gasteiger partial charge on any atom is 0.238 e. The molecule has 72 valence electrons. The highest BCUT2D eigenvalue weighted by Crippen LogP contribution is 2.03. The molecule has 0 saturated carbocycles. The van der Waals surface area contributed by atoms with Crippen molar-refractivity contribution in [3.05, 3.63) is 0 Å². The molecule has 0 aromatic rings. The van der Waals surface area contributed by atoms with Gasteiger partial charge in [-0.1, -0.05) is 6.92 Å². The second-order valence-electron chi connectivity index (χ2n) is 3.46. The summed E-state index contributed by atoms with van der Waals surface area (Å²) < 4.78 is 0. The van der Waals surface area contributed by atoms with Crippen LogP contribution in [0.3, 0.4) is 0 Å². The maximum absolute atomic E-state index is 11.1. The smallest absolute Gasteiger partial charge is 0.238 e. The molecule has 1 unspecified atom stereocenters. The molecule has 0 fully saturated rings. The van der Waals surface area contributed by atoms with Gasteiger partial charge in [0.2, 0.25) is 5.91 Å². The minimum absolute atomic E-state index is 0.307. The summed E-state index contributed by atoms with van der Waals surface area (Å²) in [7, 11) is 3.83. The van der Waals surface area contributed by atoms with Crippen molar-refractivity contribution in [2.45, 2.75) is 19.4 Å². The summed E-state index contributed by atoms with van der Waals surface area (Å²) in [6.45, 7) is 5.14. The van der Waals surface area contributed by atoms with Crippen LogP contribution in [0.15, 0.2) is 0 Å². The number of amides is 1. The molecule has 3 N–H and O–H groups in total. The normalized spacial score (nSPS) is 16.1. The molecule has 0 aromatic carbocycles. The molecule has 0 radical (unpaired) electrons. The fourth-order valence-electron chi connectivity index (χ4n) is 1.24. The number of nitrogens with two attached hydrogens (primary N) is 1. The molecule has 0 saturated heterocycles. The quantitative estimate of drug-likeness (QED) is 0.584. The Morgan fingerprint density at radius 3 is 2.33 bits per heavy atom. The minimum atomic E-state index is -0.613. The first kappa shape index (κ1) is 11.4. The van der Waals surface area contributed by atoms with Crippen molar-refractivity contribution >= 4 is 5.91 Å². The number of carbonyl (C=O) groups is 1. The van der Waals surface area contributed by atoms with Gasteiger partial charge in [-0.25, -0.2) is 0 Å². The number of nitrogens with zero attached hydrogens (tertiary/aromatic N) is 1. The largest absolute Gasteiger partial charge is 0.368 e. The van der Waals surface area contributed by atoms with Gasteiger partial charge in [0.25, 0.3) is 0 Å². The zero-order valence-electron chi connectivity index (χ0n) is 8.35. The van der Waals surface area contributed by atoms with Gasteiger partial charge in [-0.15, -0.1) is 0 Å². The van der Waals surface area contributed by atoms with Crippen molar-refractivity contribution in [2.24, 2.45) is 5.73 Å². The lowest BCUT2D eigenvalue weighted by molar-refractivity contribution is -0.124. The Bertz CT molecular complexity index is 158. The molecule has 12 heavy (non-hydrogen) atoms. The average Bonchev–Trinajstić information content (AvgIpc) is 1.85. The van der Waals surface area contributed by atoms with Crippen LogP contribution in [0, 0.1) is 0 Å². The van der Waals surface area contributed by atoms with Crippen molar-refractivity contribution < 1.29 is 4.79 Å². The minimum Gasteiger partial charge on any atom is -0.368 e. The van der Waals surface area contributed by atoms with E-state index in [1.54, 1.807) is 0 Å². The molecule has 0 spiro atoms. The standard InChI is InChI=1S/C8H19N3O/c1-5-10-8(2,7(9)12)6-11(3)4/h10H,5-6H2,1-4H3,(H2,9,12). The van der Waals surface area contributed by atoms with Crippen LogP contribution >= 0.6 is 0 Å². The van der Waals surface area contributed by atoms with Crippen LogP contribution in [0.4, 0.5) is 0 Å². The van der Waals surface area contributed by atoms with E-state index in [1.807, 2.05) is 32.8 Å². The van der Waals surface area contributed by atoms with Gasteiger partial charge in [0.05, 0.1) is 0 Å². The summed E-state index contributed by atoms with van der Waals surface area (Å²) >= 11 is 0. The van der Waals surface area contributed by atoms with Gasteiger partial charge in [-0.3, -0.25) is 4.79 Å². The molecular formula is C8H19N3O. The fraction of sp³-hybridized carbons (Fsp3) is 0.875. The lowest BCUT2D eigenvalue weighted by Gasteiger charge is -2.29. The Morgan fingerprint density at radius 1 is 1.58 bits per heavy atom. The number of carbonyl (C=O) groups excluding carboxylic acids is 1. The van der Waals surface area contributed by atoms with Crippen molar-refractivity contribution in [3.8, 4) is 0 Å². The zero-order valence-corrected chi connectivity index (χ0v) is 8.35. The second-order valence-corrected chi connectivity index (χ2v) is 3.46. The Balaban J connectivity index is 4.28. The first-order chi connectivity index (χ1) is 5.42. The molecule has 0 aromatic heterocycles. The van der Waals surface area contributed by atoms with Gasteiger partial charge in [0, 0.05) is 6.54 Å². The number of hydrogen-bond donors (Lipinski definition) is 2. The first-order valence-electron chi connectivity index (χ1n) is 4.12. The molecule has 0 heterocycles. The summed E-state index contributed by atoms with van der Waals surface area (Å²) in [5, 5.41) is 3.07. The van der Waals surface area contributed by atoms with Gasteiger partial charge in [-0.2, -0.15) is 0 Å². The lowest BCUT2D eigenvalue weighted by Crippen LogP contribution is -2.58. The third-order valence-electron chi connectivity index (χ3n) is 1.74. The fourth-order valence-corrected chi connectivity index (χ4v) is 1.24. The van der Waals surface area contributed by atoms with Crippen LogP contribution in [-0.2, 0) is 4.79 Å². The first-order valence-corrected chi connectivity index (χ1v) is 4.12. The molecule has 1 amide bonds. The summed E-state index contributed by atoms with van der Waals surface area (Å²) in [5.74, 6) is -0.307. The topological polar surface area (TPSA) is 58.4 Å². The predicted molar refractivity (Wildman–Crippen MR) is 49.8 cm³/mol. The van der Waals surface area contributed by atoms with Crippen molar-refractivity contribution in [1.82, 2.24) is 10.2 Å². The second kappa shape index (κ2) is 4.42. The van der Waals surface area contributed by atoms with Crippen LogP contribution in [0.2, 0.25) is 0 Å². The zero-order chi connectivity index (χ0) is 9.78. The van der Waals surface area contributed by atoms with Crippen LogP contribution in [0.5, 0.6) is 0 Å². The third kappa shape index (κ3) is 3.19. The molecule has 4 nitrogen and oxygen atoms in total. The molecule has 0 aliphatic rings. The van der Waals surface area contributed by atoms with E-state index in [1.165, 1.54) is 0 Å². The predicted octanol–water partition coefficient (Wildman–Crippen LogP) is -0.598. The Kier molecular flexibility index (Phi) is 4.20. The molecular weight excluding hydrogens is 154 g/mol. The molecule has 0 aliphatic carbocycles. The monoisotopic (exact) mass is 173 g/mol. The number of rotatable bonds is 5. The van der Waals surface area contributed by atoms with Gasteiger partial charge in [0.1, 0.15) is 5.54 Å². The summed E-state index contributed by atoms with van der Waals surface area (Å²) in [4.78, 5) is 13.0. The van der Waals surface area contributed by atoms with Crippen LogP contribution in [0.1, 0.15) is 13.8 Å². The Hall–Kier alpha value is -0.610. The lowest BCUT2D eigenvalue weighted by atomic mass is 10.0. The molecule has 1 atom stereocenters. The van der Waals surface area contributed by atoms with E-state index >= 15 is 0 Å². The highest BCUT2D eigenvalue weighted by molar-refractivity contribution is 5.84. The van der Waals surface area contributed by atoms with E-state index in [4.69, 9.17) is 5.73 Å². The van der Waals surface area contributed by atoms with E-state index in [2.05, 4.69) is 5.32 Å². The molecule has 0 aliphatic heterocycles. The van der Waals surface area contributed by atoms with Gasteiger partial charge < -0.3 is 16.0 Å². The Labute approximate surface area is 74.1 Å². The number of likely N-dealkylation sites (N-methyl/N-ethyl adjacent to an activating group) is 2. The van der Waals surface area contributed by atoms with Crippen molar-refractivity contribution in [1.29, 1.82) is 0 Å². The SMILES string of the molecule is CCNC(C)(CN(C)C)C(N)=O. The number of hydrogen-bond acceptors (Lipinski definition) is 3. The van der Waals surface area contributed by atoms with E-state index in [0.717, 1.165) is 6.54 Å². The van der Waals surface area contributed by atoms with Gasteiger partial charge in [0.15, 0.2) is 0 Å². The van der Waals surface area contributed by atoms with E-state index in [9.17, 15) is 4.79 Å². The Morgan fingerprint density at radius 2 is 2.08 bits per heavy atom. The summed E-state index contributed by atoms with van der Waals surface area (Å²) in [6.07, 6.45) is 0. The highest BCUT2D eigenvalue weighted by atomic mass is 16.1. The van der Waals surface area contributed by atoms with E-state index in [0.29, 0.717) is 6.54 Å². The third-order valence-corrected chi connectivity index (χ3v) is 1.74. The average molecular weight is 173 g/mol. The van der Waals surface area contributed by atoms with Crippen molar-refractivity contribution in [3.63, 3.8) is 0 Å². The number of primary amides is 1. The van der Waals surface area contributed by atoms with Gasteiger partial charge >= 0.3 is 0 Å².